The van der Waals surface area contributed by atoms with E-state index in [-0.39, 0.29) is 18.6 Å². The molecule has 2 aromatic rings. The number of methoxy groups -OCH3 is 1. The lowest BCUT2D eigenvalue weighted by Crippen LogP contribution is -2.32. The van der Waals surface area contributed by atoms with Gasteiger partial charge in [-0.15, -0.1) is 0 Å². The molecule has 0 fully saturated rings. The van der Waals surface area contributed by atoms with E-state index < -0.39 is 0 Å². The second-order valence-corrected chi connectivity index (χ2v) is 4.87. The molecule has 0 bridgehead atoms. The van der Waals surface area contributed by atoms with Crippen LogP contribution in [0.15, 0.2) is 60.7 Å². The number of carbonyl (C=O) groups is 1. The maximum Gasteiger partial charge on any atom is 0.246 e. The zero-order chi connectivity index (χ0) is 15.6. The number of hydrogen-bond acceptors (Lipinski definition) is 3. The number of amides is 1. The van der Waals surface area contributed by atoms with E-state index in [1.54, 1.807) is 7.11 Å². The van der Waals surface area contributed by atoms with Crippen LogP contribution in [0.5, 0.6) is 0 Å². The molecule has 0 aliphatic heterocycles. The predicted octanol–water partition coefficient (Wildman–Crippen LogP) is 2.56. The lowest BCUT2D eigenvalue weighted by Gasteiger charge is -2.20. The van der Waals surface area contributed by atoms with Crippen LogP contribution in [0.4, 0.5) is 0 Å². The van der Waals surface area contributed by atoms with Crippen molar-refractivity contribution in [1.82, 2.24) is 5.32 Å². The zero-order valence-corrected chi connectivity index (χ0v) is 12.7. The molecule has 0 atom stereocenters. The summed E-state index contributed by atoms with van der Waals surface area (Å²) in [5.41, 5.74) is 2.08. The van der Waals surface area contributed by atoms with E-state index >= 15 is 0 Å². The first kappa shape index (κ1) is 16.2. The molecule has 2 aromatic carbocycles. The van der Waals surface area contributed by atoms with Crippen LogP contribution in [0.25, 0.3) is 0 Å². The van der Waals surface area contributed by atoms with Crippen LogP contribution < -0.4 is 5.32 Å². The van der Waals surface area contributed by atoms with Crippen molar-refractivity contribution in [2.75, 3.05) is 26.9 Å². The number of benzene rings is 2. The molecule has 22 heavy (non-hydrogen) atoms. The molecule has 0 aliphatic carbocycles. The Morgan fingerprint density at radius 3 is 2.00 bits per heavy atom. The second kappa shape index (κ2) is 8.97. The Morgan fingerprint density at radius 2 is 1.50 bits per heavy atom. The maximum atomic E-state index is 12.1. The fraction of sp³-hybridized carbons (Fsp3) is 0.278. The van der Waals surface area contributed by atoms with Gasteiger partial charge in [0.15, 0.2) is 0 Å². The topological polar surface area (TPSA) is 47.6 Å². The van der Waals surface area contributed by atoms with E-state index in [1.165, 1.54) is 0 Å². The van der Waals surface area contributed by atoms with Gasteiger partial charge >= 0.3 is 0 Å². The van der Waals surface area contributed by atoms with Crippen LogP contribution in [0.1, 0.15) is 17.2 Å². The smallest absolute Gasteiger partial charge is 0.246 e. The normalized spacial score (nSPS) is 10.6. The molecule has 0 aromatic heterocycles. The van der Waals surface area contributed by atoms with Gasteiger partial charge in [0.05, 0.1) is 19.3 Å². The molecular weight excluding hydrogens is 278 g/mol. The van der Waals surface area contributed by atoms with Gasteiger partial charge in [-0.25, -0.2) is 0 Å². The Morgan fingerprint density at radius 1 is 0.955 bits per heavy atom. The maximum absolute atomic E-state index is 12.1. The molecule has 0 radical (unpaired) electrons. The highest BCUT2D eigenvalue weighted by Crippen LogP contribution is 2.21. The molecule has 2 rings (SSSR count). The van der Waals surface area contributed by atoms with Crippen LogP contribution in [-0.2, 0) is 14.3 Å². The van der Waals surface area contributed by atoms with Gasteiger partial charge in [-0.05, 0) is 11.1 Å². The molecule has 1 N–H and O–H groups in total. The molecule has 4 heteroatoms. The van der Waals surface area contributed by atoms with Gasteiger partial charge in [-0.2, -0.15) is 0 Å². The fourth-order valence-electron chi connectivity index (χ4n) is 2.16. The minimum atomic E-state index is -0.180. The number of ether oxygens (including phenoxy) is 2. The summed E-state index contributed by atoms with van der Waals surface area (Å²) < 4.78 is 10.2. The molecule has 0 spiro atoms. The average molecular weight is 299 g/mol. The van der Waals surface area contributed by atoms with Gasteiger partial charge in [0, 0.05) is 7.11 Å². The summed E-state index contributed by atoms with van der Waals surface area (Å²) in [6.45, 7) is 0.916. The first-order chi connectivity index (χ1) is 10.8. The van der Waals surface area contributed by atoms with Gasteiger partial charge in [-0.3, -0.25) is 4.79 Å². The Bertz CT molecular complexity index is 518. The van der Waals surface area contributed by atoms with Crippen LogP contribution >= 0.6 is 0 Å². The van der Waals surface area contributed by atoms with Crippen molar-refractivity contribution >= 4 is 5.91 Å². The molecule has 4 nitrogen and oxygen atoms in total. The third-order valence-electron chi connectivity index (χ3n) is 3.24. The standard InChI is InChI=1S/C18H21NO3/c1-21-12-13-22-14-17(20)19-18(15-8-4-2-5-9-15)16-10-6-3-7-11-16/h2-11,18H,12-14H2,1H3,(H,19,20). The summed E-state index contributed by atoms with van der Waals surface area (Å²) in [5.74, 6) is -0.145. The summed E-state index contributed by atoms with van der Waals surface area (Å²) in [6, 6.07) is 19.6. The summed E-state index contributed by atoms with van der Waals surface area (Å²) in [4.78, 5) is 12.1. The van der Waals surface area contributed by atoms with Crippen LogP contribution in [-0.4, -0.2) is 32.8 Å². The summed E-state index contributed by atoms with van der Waals surface area (Å²) in [5, 5.41) is 3.02. The van der Waals surface area contributed by atoms with Crippen molar-refractivity contribution < 1.29 is 14.3 Å². The first-order valence-electron chi connectivity index (χ1n) is 7.27. The van der Waals surface area contributed by atoms with Crippen LogP contribution in [0.3, 0.4) is 0 Å². The van der Waals surface area contributed by atoms with Gasteiger partial charge in [0.25, 0.3) is 0 Å². The highest BCUT2D eigenvalue weighted by molar-refractivity contribution is 5.78. The number of nitrogens with one attached hydrogen (secondary N) is 1. The van der Waals surface area contributed by atoms with E-state index in [4.69, 9.17) is 9.47 Å². The van der Waals surface area contributed by atoms with E-state index in [9.17, 15) is 4.79 Å². The minimum absolute atomic E-state index is 0.0273. The molecule has 116 valence electrons. The lowest BCUT2D eigenvalue weighted by atomic mass is 9.99. The first-order valence-corrected chi connectivity index (χ1v) is 7.27. The lowest BCUT2D eigenvalue weighted by molar-refractivity contribution is -0.126. The third-order valence-corrected chi connectivity index (χ3v) is 3.24. The summed E-state index contributed by atoms with van der Waals surface area (Å²) in [6.07, 6.45) is 0. The van der Waals surface area contributed by atoms with Crippen LogP contribution in [0.2, 0.25) is 0 Å². The highest BCUT2D eigenvalue weighted by atomic mass is 16.5. The highest BCUT2D eigenvalue weighted by Gasteiger charge is 2.16. The minimum Gasteiger partial charge on any atom is -0.382 e. The predicted molar refractivity (Wildman–Crippen MR) is 85.6 cm³/mol. The van der Waals surface area contributed by atoms with Crippen molar-refractivity contribution in [2.24, 2.45) is 0 Å². The Kier molecular flexibility index (Phi) is 6.61. The van der Waals surface area contributed by atoms with Crippen molar-refractivity contribution in [2.45, 2.75) is 6.04 Å². The van der Waals surface area contributed by atoms with Gasteiger partial charge in [0.1, 0.15) is 6.61 Å². The molecule has 0 saturated carbocycles. The van der Waals surface area contributed by atoms with Gasteiger partial charge in [-0.1, -0.05) is 60.7 Å². The molecule has 1 amide bonds. The summed E-state index contributed by atoms with van der Waals surface area (Å²) >= 11 is 0. The monoisotopic (exact) mass is 299 g/mol. The summed E-state index contributed by atoms with van der Waals surface area (Å²) in [7, 11) is 1.60. The quantitative estimate of drug-likeness (QED) is 0.762. The van der Waals surface area contributed by atoms with Crippen molar-refractivity contribution in [3.63, 3.8) is 0 Å². The van der Waals surface area contributed by atoms with Gasteiger partial charge in [0.2, 0.25) is 5.91 Å². The SMILES string of the molecule is COCCOCC(=O)NC(c1ccccc1)c1ccccc1. The average Bonchev–Trinajstić information content (AvgIpc) is 2.58. The zero-order valence-electron chi connectivity index (χ0n) is 12.7. The van der Waals surface area contributed by atoms with E-state index in [1.807, 2.05) is 60.7 Å². The fourth-order valence-corrected chi connectivity index (χ4v) is 2.16. The molecule has 0 heterocycles. The van der Waals surface area contributed by atoms with Crippen molar-refractivity contribution in [3.05, 3.63) is 71.8 Å². The number of rotatable bonds is 8. The van der Waals surface area contributed by atoms with Crippen LogP contribution in [0, 0.1) is 0 Å². The third kappa shape index (κ3) is 4.98. The van der Waals surface area contributed by atoms with E-state index in [0.29, 0.717) is 13.2 Å². The van der Waals surface area contributed by atoms with Gasteiger partial charge < -0.3 is 14.8 Å². The van der Waals surface area contributed by atoms with E-state index in [2.05, 4.69) is 5.32 Å². The Hall–Kier alpha value is -2.17. The molecule has 0 saturated heterocycles. The van der Waals surface area contributed by atoms with Crippen molar-refractivity contribution in [3.8, 4) is 0 Å². The van der Waals surface area contributed by atoms with E-state index in [0.717, 1.165) is 11.1 Å². The Labute approximate surface area is 131 Å². The molecule has 0 unspecified atom stereocenters. The molecule has 0 aliphatic rings. The largest absolute Gasteiger partial charge is 0.382 e. The second-order valence-electron chi connectivity index (χ2n) is 4.87. The van der Waals surface area contributed by atoms with Crippen molar-refractivity contribution in [1.29, 1.82) is 0 Å². The number of hydrogen-bond donors (Lipinski definition) is 1. The molecular formula is C18H21NO3. The number of carbonyl (C=O) groups excluding carboxylic acids is 1. The Balaban J connectivity index is 2.04.